The van der Waals surface area contributed by atoms with Gasteiger partial charge in [-0.2, -0.15) is 10.1 Å². The molecule has 0 aliphatic heterocycles. The number of benzene rings is 1. The predicted molar refractivity (Wildman–Crippen MR) is 106 cm³/mol. The SMILES string of the molecule is Cc1nc2ncnn2c(C)c1CCC(=O)NNC(=S)NCc1ccc(F)cc1. The molecule has 0 saturated carbocycles. The average Bonchev–Trinajstić information content (AvgIpc) is 3.14. The zero-order valence-corrected chi connectivity index (χ0v) is 16.3. The first-order valence-corrected chi connectivity index (χ1v) is 9.08. The number of amides is 1. The van der Waals surface area contributed by atoms with Crippen molar-refractivity contribution < 1.29 is 9.18 Å². The maximum Gasteiger partial charge on any atom is 0.252 e. The Morgan fingerprint density at radius 2 is 1.96 bits per heavy atom. The molecule has 0 bridgehead atoms. The Balaban J connectivity index is 1.45. The van der Waals surface area contributed by atoms with Crippen molar-refractivity contribution in [2.45, 2.75) is 33.2 Å². The van der Waals surface area contributed by atoms with Crippen molar-refractivity contribution in [1.82, 2.24) is 35.8 Å². The molecule has 146 valence electrons. The van der Waals surface area contributed by atoms with Crippen LogP contribution in [-0.4, -0.2) is 30.6 Å². The van der Waals surface area contributed by atoms with E-state index in [0.29, 0.717) is 18.7 Å². The molecule has 3 aromatic rings. The molecule has 0 spiro atoms. The number of hydrogen-bond acceptors (Lipinski definition) is 5. The lowest BCUT2D eigenvalue weighted by Gasteiger charge is -2.13. The normalized spacial score (nSPS) is 10.7. The van der Waals surface area contributed by atoms with Gasteiger partial charge in [0.1, 0.15) is 12.1 Å². The summed E-state index contributed by atoms with van der Waals surface area (Å²) >= 11 is 5.12. The van der Waals surface area contributed by atoms with Gasteiger partial charge in [-0.25, -0.2) is 13.9 Å². The summed E-state index contributed by atoms with van der Waals surface area (Å²) in [6.45, 7) is 4.24. The van der Waals surface area contributed by atoms with Gasteiger partial charge in [-0.1, -0.05) is 12.1 Å². The van der Waals surface area contributed by atoms with Crippen LogP contribution in [0.5, 0.6) is 0 Å². The van der Waals surface area contributed by atoms with E-state index in [1.165, 1.54) is 18.5 Å². The lowest BCUT2D eigenvalue weighted by atomic mass is 10.1. The molecule has 1 aromatic carbocycles. The van der Waals surface area contributed by atoms with E-state index in [9.17, 15) is 9.18 Å². The van der Waals surface area contributed by atoms with Gasteiger partial charge < -0.3 is 5.32 Å². The third-order valence-corrected chi connectivity index (χ3v) is 4.52. The van der Waals surface area contributed by atoms with Crippen molar-refractivity contribution in [2.24, 2.45) is 0 Å². The molecule has 0 saturated heterocycles. The van der Waals surface area contributed by atoms with E-state index >= 15 is 0 Å². The second-order valence-corrected chi connectivity index (χ2v) is 6.62. The van der Waals surface area contributed by atoms with Gasteiger partial charge in [-0.05, 0) is 55.7 Å². The lowest BCUT2D eigenvalue weighted by molar-refractivity contribution is -0.121. The Labute approximate surface area is 166 Å². The van der Waals surface area contributed by atoms with Crippen molar-refractivity contribution in [3.8, 4) is 0 Å². The molecule has 8 nitrogen and oxygen atoms in total. The van der Waals surface area contributed by atoms with Crippen LogP contribution in [0, 0.1) is 19.7 Å². The number of halogens is 1. The maximum atomic E-state index is 12.9. The topological polar surface area (TPSA) is 96.2 Å². The summed E-state index contributed by atoms with van der Waals surface area (Å²) in [6.07, 6.45) is 2.23. The summed E-state index contributed by atoms with van der Waals surface area (Å²) in [7, 11) is 0. The number of nitrogens with zero attached hydrogens (tertiary/aromatic N) is 4. The van der Waals surface area contributed by atoms with Crippen LogP contribution in [0.25, 0.3) is 5.78 Å². The first-order valence-electron chi connectivity index (χ1n) is 8.67. The summed E-state index contributed by atoms with van der Waals surface area (Å²) in [5, 5.41) is 7.35. The smallest absolute Gasteiger partial charge is 0.252 e. The first kappa shape index (κ1) is 19.6. The monoisotopic (exact) mass is 401 g/mol. The van der Waals surface area contributed by atoms with Crippen molar-refractivity contribution in [2.75, 3.05) is 0 Å². The number of hydrazine groups is 1. The van der Waals surface area contributed by atoms with Gasteiger partial charge >= 0.3 is 0 Å². The highest BCUT2D eigenvalue weighted by molar-refractivity contribution is 7.80. The van der Waals surface area contributed by atoms with Crippen LogP contribution >= 0.6 is 12.2 Å². The minimum absolute atomic E-state index is 0.205. The molecular weight excluding hydrogens is 381 g/mol. The molecule has 10 heteroatoms. The van der Waals surface area contributed by atoms with E-state index in [0.717, 1.165) is 22.5 Å². The number of hydrogen-bond donors (Lipinski definition) is 3. The molecule has 3 rings (SSSR count). The minimum Gasteiger partial charge on any atom is -0.357 e. The molecule has 0 radical (unpaired) electrons. The van der Waals surface area contributed by atoms with Crippen LogP contribution in [-0.2, 0) is 17.8 Å². The molecule has 0 aliphatic carbocycles. The fourth-order valence-corrected chi connectivity index (χ4v) is 2.90. The number of thiocarbonyl (C=S) groups is 1. The molecule has 0 aliphatic rings. The number of rotatable bonds is 5. The number of carbonyl (C=O) groups excluding carboxylic acids is 1. The van der Waals surface area contributed by atoms with Gasteiger partial charge in [0.25, 0.3) is 5.78 Å². The summed E-state index contributed by atoms with van der Waals surface area (Å²) in [6, 6.07) is 6.08. The fraction of sp³-hybridized carbons (Fsp3) is 0.278. The Kier molecular flexibility index (Phi) is 6.09. The van der Waals surface area contributed by atoms with E-state index in [4.69, 9.17) is 12.2 Å². The number of carbonyl (C=O) groups is 1. The highest BCUT2D eigenvalue weighted by atomic mass is 32.1. The highest BCUT2D eigenvalue weighted by Crippen LogP contribution is 2.14. The quantitative estimate of drug-likeness (QED) is 0.440. The minimum atomic E-state index is -0.291. The average molecular weight is 401 g/mol. The van der Waals surface area contributed by atoms with Crippen LogP contribution in [0.2, 0.25) is 0 Å². The Bertz CT molecular complexity index is 1000. The Morgan fingerprint density at radius 1 is 1.21 bits per heavy atom. The highest BCUT2D eigenvalue weighted by Gasteiger charge is 2.12. The van der Waals surface area contributed by atoms with Crippen LogP contribution in [0.4, 0.5) is 4.39 Å². The van der Waals surface area contributed by atoms with Gasteiger partial charge in [0.2, 0.25) is 5.91 Å². The maximum absolute atomic E-state index is 12.9. The zero-order valence-electron chi connectivity index (χ0n) is 15.5. The number of aromatic nitrogens is 4. The summed E-state index contributed by atoms with van der Waals surface area (Å²) in [5.41, 5.74) is 8.80. The third-order valence-electron chi connectivity index (χ3n) is 4.27. The zero-order chi connectivity index (χ0) is 20.1. The first-order chi connectivity index (χ1) is 13.4. The second-order valence-electron chi connectivity index (χ2n) is 6.22. The second kappa shape index (κ2) is 8.70. The summed E-state index contributed by atoms with van der Waals surface area (Å²) in [5.74, 6) is 0.0474. The molecule has 0 fully saturated rings. The molecule has 28 heavy (non-hydrogen) atoms. The molecule has 0 atom stereocenters. The van der Waals surface area contributed by atoms with Crippen molar-refractivity contribution in [1.29, 1.82) is 0 Å². The van der Waals surface area contributed by atoms with Gasteiger partial charge in [0.05, 0.1) is 0 Å². The Hall–Kier alpha value is -3.14. The van der Waals surface area contributed by atoms with E-state index in [1.54, 1.807) is 16.6 Å². The van der Waals surface area contributed by atoms with E-state index < -0.39 is 0 Å². The van der Waals surface area contributed by atoms with Crippen LogP contribution in [0.1, 0.15) is 28.9 Å². The summed E-state index contributed by atoms with van der Waals surface area (Å²) in [4.78, 5) is 20.6. The van der Waals surface area contributed by atoms with Gasteiger partial charge in [-0.15, -0.1) is 0 Å². The number of nitrogens with one attached hydrogen (secondary N) is 3. The standard InChI is InChI=1S/C18H20FN7OS/c1-11-15(12(2)26-17(23-11)21-10-22-26)7-8-16(27)24-25-18(28)20-9-13-3-5-14(19)6-4-13/h3-6,10H,7-9H2,1-2H3,(H,24,27)(H2,20,25,28). The molecule has 1 amide bonds. The van der Waals surface area contributed by atoms with Crippen molar-refractivity contribution in [3.05, 3.63) is 58.9 Å². The van der Waals surface area contributed by atoms with Crippen LogP contribution in [0.3, 0.4) is 0 Å². The molecule has 2 heterocycles. The molecule has 0 unspecified atom stereocenters. The van der Waals surface area contributed by atoms with Crippen LogP contribution < -0.4 is 16.2 Å². The van der Waals surface area contributed by atoms with E-state index in [-0.39, 0.29) is 23.3 Å². The molecule has 3 N–H and O–H groups in total. The number of fused-ring (bicyclic) bond motifs is 1. The van der Waals surface area contributed by atoms with E-state index in [1.807, 2.05) is 13.8 Å². The Morgan fingerprint density at radius 3 is 2.71 bits per heavy atom. The van der Waals surface area contributed by atoms with Gasteiger partial charge in [0.15, 0.2) is 5.11 Å². The predicted octanol–water partition coefficient (Wildman–Crippen LogP) is 1.51. The van der Waals surface area contributed by atoms with Crippen molar-refractivity contribution >= 4 is 29.0 Å². The summed E-state index contributed by atoms with van der Waals surface area (Å²) < 4.78 is 14.5. The van der Waals surface area contributed by atoms with Crippen molar-refractivity contribution in [3.63, 3.8) is 0 Å². The fourth-order valence-electron chi connectivity index (χ4n) is 2.77. The van der Waals surface area contributed by atoms with Crippen LogP contribution in [0.15, 0.2) is 30.6 Å². The lowest BCUT2D eigenvalue weighted by Crippen LogP contribution is -2.46. The molecular formula is C18H20FN7OS. The number of aryl methyl sites for hydroxylation is 2. The largest absolute Gasteiger partial charge is 0.357 e. The third kappa shape index (κ3) is 4.77. The van der Waals surface area contributed by atoms with E-state index in [2.05, 4.69) is 31.2 Å². The molecule has 2 aromatic heterocycles. The van der Waals surface area contributed by atoms with Gasteiger partial charge in [-0.3, -0.25) is 15.6 Å². The van der Waals surface area contributed by atoms with Gasteiger partial charge in [0, 0.05) is 24.4 Å².